The lowest BCUT2D eigenvalue weighted by atomic mass is 9.59. The zero-order valence-electron chi connectivity index (χ0n) is 24.4. The summed E-state index contributed by atoms with van der Waals surface area (Å²) in [6.07, 6.45) is 15.5. The highest BCUT2D eigenvalue weighted by atomic mass is 16.3. The normalized spacial score (nSPS) is 31.7. The molecule has 0 radical (unpaired) electrons. The van der Waals surface area contributed by atoms with Crippen LogP contribution < -0.4 is 0 Å². The predicted molar refractivity (Wildman–Crippen MR) is 159 cm³/mol. The number of carbonyl (C=O) groups excluding carboxylic acids is 1. The number of phenols is 1. The van der Waals surface area contributed by atoms with Gasteiger partial charge in [0, 0.05) is 12.0 Å². The predicted octanol–water partition coefficient (Wildman–Crippen LogP) is 7.94. The van der Waals surface area contributed by atoms with Gasteiger partial charge in [0.1, 0.15) is 5.75 Å². The van der Waals surface area contributed by atoms with Crippen molar-refractivity contribution in [3.8, 4) is 5.75 Å². The van der Waals surface area contributed by atoms with Gasteiger partial charge in [-0.2, -0.15) is 0 Å². The summed E-state index contributed by atoms with van der Waals surface area (Å²) in [4.78, 5) is 12.9. The van der Waals surface area contributed by atoms with Crippen molar-refractivity contribution < 1.29 is 20.1 Å². The van der Waals surface area contributed by atoms with Crippen LogP contribution in [-0.4, -0.2) is 33.3 Å². The number of carbonyl (C=O) groups is 1. The Morgan fingerprint density at radius 2 is 1.79 bits per heavy atom. The van der Waals surface area contributed by atoms with Gasteiger partial charge in [0.15, 0.2) is 5.78 Å². The Morgan fingerprint density at radius 3 is 2.46 bits per heavy atom. The highest BCUT2D eigenvalue weighted by Crippen LogP contribution is 2.60. The van der Waals surface area contributed by atoms with E-state index in [0.717, 1.165) is 18.4 Å². The highest BCUT2D eigenvalue weighted by molar-refractivity contribution is 5.96. The van der Waals surface area contributed by atoms with E-state index in [4.69, 9.17) is 0 Å². The average molecular weight is 535 g/mol. The minimum atomic E-state index is -0.646. The molecule has 0 aromatic heterocycles. The maximum Gasteiger partial charge on any atom is 0.162 e. The van der Waals surface area contributed by atoms with Crippen LogP contribution in [0.2, 0.25) is 0 Å². The Morgan fingerprint density at radius 1 is 1.10 bits per heavy atom. The largest absolute Gasteiger partial charge is 0.508 e. The van der Waals surface area contributed by atoms with Gasteiger partial charge < -0.3 is 15.3 Å². The average Bonchev–Trinajstić information content (AvgIpc) is 3.27. The third-order valence-corrected chi connectivity index (χ3v) is 10.6. The van der Waals surface area contributed by atoms with Gasteiger partial charge in [-0.25, -0.2) is 0 Å². The van der Waals surface area contributed by atoms with Crippen LogP contribution in [0.3, 0.4) is 0 Å². The minimum Gasteiger partial charge on any atom is -0.508 e. The number of unbranched alkanes of at least 4 members (excludes halogenated alkanes) is 1. The fraction of sp³-hybridized carbons (Fsp3) is 0.629. The molecule has 3 aliphatic carbocycles. The fourth-order valence-electron chi connectivity index (χ4n) is 8.14. The molecule has 4 nitrogen and oxygen atoms in total. The van der Waals surface area contributed by atoms with Crippen LogP contribution >= 0.6 is 0 Å². The van der Waals surface area contributed by atoms with E-state index in [-0.39, 0.29) is 16.9 Å². The molecule has 3 fully saturated rings. The van der Waals surface area contributed by atoms with Gasteiger partial charge in [0.25, 0.3) is 0 Å². The van der Waals surface area contributed by atoms with Gasteiger partial charge in [-0.1, -0.05) is 69.9 Å². The van der Waals surface area contributed by atoms with Crippen molar-refractivity contribution >= 4 is 5.78 Å². The van der Waals surface area contributed by atoms with Crippen LogP contribution in [0.5, 0.6) is 5.75 Å². The van der Waals surface area contributed by atoms with E-state index in [0.29, 0.717) is 54.1 Å². The van der Waals surface area contributed by atoms with Crippen molar-refractivity contribution in [1.82, 2.24) is 0 Å². The molecule has 214 valence electrons. The molecule has 0 heterocycles. The van der Waals surface area contributed by atoms with Gasteiger partial charge in [0.05, 0.1) is 12.2 Å². The van der Waals surface area contributed by atoms with Crippen molar-refractivity contribution in [3.05, 3.63) is 65.3 Å². The van der Waals surface area contributed by atoms with E-state index in [2.05, 4.69) is 39.5 Å². The number of phenolic OH excluding ortho intramolecular Hbond substituents is 1. The van der Waals surface area contributed by atoms with Crippen LogP contribution in [0.25, 0.3) is 0 Å². The molecular weight excluding hydrogens is 484 g/mol. The molecule has 0 spiro atoms. The third-order valence-electron chi connectivity index (χ3n) is 10.6. The summed E-state index contributed by atoms with van der Waals surface area (Å²) in [7, 11) is 0. The van der Waals surface area contributed by atoms with Gasteiger partial charge in [0.2, 0.25) is 0 Å². The molecule has 1 aromatic rings. The van der Waals surface area contributed by atoms with Crippen molar-refractivity contribution in [2.24, 2.45) is 29.1 Å². The second-order valence-corrected chi connectivity index (χ2v) is 12.9. The van der Waals surface area contributed by atoms with Gasteiger partial charge >= 0.3 is 0 Å². The summed E-state index contributed by atoms with van der Waals surface area (Å²) in [5, 5.41) is 30.1. The van der Waals surface area contributed by atoms with Crippen LogP contribution in [0.4, 0.5) is 0 Å². The summed E-state index contributed by atoms with van der Waals surface area (Å²) >= 11 is 0. The molecule has 0 amide bonds. The summed E-state index contributed by atoms with van der Waals surface area (Å²) in [5.74, 6) is 2.74. The first-order valence-electron chi connectivity index (χ1n) is 15.4. The lowest BCUT2D eigenvalue weighted by molar-refractivity contribution is 0.0653. The number of Topliss-reactive ketones (excluding diaryl/α,β-unsaturated/α-hetero) is 1. The lowest BCUT2D eigenvalue weighted by Gasteiger charge is -2.46. The Labute approximate surface area is 235 Å². The summed E-state index contributed by atoms with van der Waals surface area (Å²) < 4.78 is 0. The van der Waals surface area contributed by atoms with Crippen LogP contribution in [0.15, 0.2) is 59.7 Å². The van der Waals surface area contributed by atoms with E-state index in [1.807, 2.05) is 0 Å². The first-order chi connectivity index (χ1) is 18.6. The van der Waals surface area contributed by atoms with E-state index in [1.54, 1.807) is 29.8 Å². The molecule has 1 aromatic carbocycles. The van der Waals surface area contributed by atoms with Crippen molar-refractivity contribution in [2.45, 2.75) is 110 Å². The number of fused-ring (bicyclic) bond motifs is 1. The van der Waals surface area contributed by atoms with E-state index in [1.165, 1.54) is 44.9 Å². The zero-order valence-corrected chi connectivity index (χ0v) is 24.4. The van der Waals surface area contributed by atoms with Crippen LogP contribution in [0, 0.1) is 29.1 Å². The monoisotopic (exact) mass is 534 g/mol. The number of hydrogen-bond acceptors (Lipinski definition) is 4. The molecule has 0 aliphatic heterocycles. The maximum atomic E-state index is 12.9. The minimum absolute atomic E-state index is 0.177. The summed E-state index contributed by atoms with van der Waals surface area (Å²) in [5.41, 5.74) is 4.18. The Hall–Kier alpha value is -2.17. The van der Waals surface area contributed by atoms with E-state index in [9.17, 15) is 20.1 Å². The Kier molecular flexibility index (Phi) is 9.93. The third kappa shape index (κ3) is 6.77. The summed E-state index contributed by atoms with van der Waals surface area (Å²) in [6.45, 7) is 11.1. The number of allylic oxidation sites excluding steroid dienone is 3. The fourth-order valence-corrected chi connectivity index (χ4v) is 8.14. The van der Waals surface area contributed by atoms with Gasteiger partial charge in [-0.3, -0.25) is 4.79 Å². The molecule has 0 bridgehead atoms. The molecule has 7 atom stereocenters. The van der Waals surface area contributed by atoms with Crippen LogP contribution in [0.1, 0.15) is 108 Å². The molecule has 3 N–H and O–H groups in total. The Bertz CT molecular complexity index is 1050. The summed E-state index contributed by atoms with van der Waals surface area (Å²) in [6, 6.07) is 6.68. The standard InChI is InChI=1S/C35H50O4/c1-5-6-8-26(14-19-32(37)28-12-15-29(36)16-13-28)23(2)30-17-18-31-27(9-7-20-35(30,31)4)11-10-25-21-33(38)24(3)34(39)22-25/h10-13,15-16,23,26,30-31,33-34,36,38-39H,3,5-9,14,17-22H2,1-2,4H3/b27-11-/t23-,26-,30-,31+,33-,34-,35-/m1/s1. The quantitative estimate of drug-likeness (QED) is 0.210. The maximum absolute atomic E-state index is 12.9. The van der Waals surface area contributed by atoms with Gasteiger partial charge in [-0.15, -0.1) is 0 Å². The van der Waals surface area contributed by atoms with Crippen molar-refractivity contribution in [3.63, 3.8) is 0 Å². The molecule has 0 saturated heterocycles. The first kappa shape index (κ1) is 29.8. The second kappa shape index (κ2) is 13.0. The molecule has 3 saturated carbocycles. The van der Waals surface area contributed by atoms with E-state index >= 15 is 0 Å². The SMILES string of the molecule is C=C1[C@H](O)CC(=C/C=C2/CCC[C@]3(C)[C@@H]([C@H](C)[C@H](CCCC)CCC(=O)c4ccc(O)cc4)CC[C@@H]23)C[C@H]1O. The number of hydrogen-bond donors (Lipinski definition) is 3. The number of benzene rings is 1. The van der Waals surface area contributed by atoms with Crippen molar-refractivity contribution in [1.29, 1.82) is 0 Å². The van der Waals surface area contributed by atoms with E-state index < -0.39 is 12.2 Å². The highest BCUT2D eigenvalue weighted by Gasteiger charge is 2.51. The topological polar surface area (TPSA) is 77.8 Å². The Balaban J connectivity index is 1.46. The number of rotatable bonds is 10. The molecular formula is C35H50O4. The molecule has 4 rings (SSSR count). The number of ketones is 1. The zero-order chi connectivity index (χ0) is 28.2. The van der Waals surface area contributed by atoms with Gasteiger partial charge in [-0.05, 0) is 110 Å². The molecule has 3 aliphatic rings. The first-order valence-corrected chi connectivity index (χ1v) is 15.4. The second-order valence-electron chi connectivity index (χ2n) is 12.9. The molecule has 0 unspecified atom stereocenters. The lowest BCUT2D eigenvalue weighted by Crippen LogP contribution is -2.38. The van der Waals surface area contributed by atoms with Crippen molar-refractivity contribution in [2.75, 3.05) is 0 Å². The molecule has 4 heteroatoms. The number of aliphatic hydroxyl groups is 2. The number of aliphatic hydroxyl groups excluding tert-OH is 2. The molecule has 39 heavy (non-hydrogen) atoms. The van der Waals surface area contributed by atoms with Crippen LogP contribution in [-0.2, 0) is 0 Å². The number of aromatic hydroxyl groups is 1. The smallest absolute Gasteiger partial charge is 0.162 e.